The van der Waals surface area contributed by atoms with E-state index in [9.17, 15) is 14.7 Å². The SMILES string of the molecule is CCOc1ncc(N2CCC(NC(=O)c3[nH]c(C)c(Cl)c3Cl)CC2)c(C(=O)O)n1. The number of nitrogens with zero attached hydrogens (tertiary/aromatic N) is 3. The molecule has 0 unspecified atom stereocenters. The molecule has 1 fully saturated rings. The minimum absolute atomic E-state index is 0.0348. The Hall–Kier alpha value is -2.52. The predicted octanol–water partition coefficient (Wildman–Crippen LogP) is 2.92. The van der Waals surface area contributed by atoms with Crippen LogP contribution in [-0.2, 0) is 0 Å². The van der Waals surface area contributed by atoms with Crippen LogP contribution >= 0.6 is 23.2 Å². The maximum Gasteiger partial charge on any atom is 0.356 e. The molecule has 2 aromatic rings. The van der Waals surface area contributed by atoms with Gasteiger partial charge >= 0.3 is 12.0 Å². The molecule has 3 rings (SSSR count). The number of anilines is 1. The van der Waals surface area contributed by atoms with Crippen LogP contribution in [0.2, 0.25) is 10.0 Å². The van der Waals surface area contributed by atoms with E-state index in [0.717, 1.165) is 0 Å². The summed E-state index contributed by atoms with van der Waals surface area (Å²) < 4.78 is 5.19. The summed E-state index contributed by atoms with van der Waals surface area (Å²) in [5.74, 6) is -1.47. The Morgan fingerprint density at radius 3 is 2.59 bits per heavy atom. The number of hydrogen-bond donors (Lipinski definition) is 3. The lowest BCUT2D eigenvalue weighted by molar-refractivity contribution is 0.0689. The number of carboxylic acids is 1. The number of aromatic nitrogens is 3. The van der Waals surface area contributed by atoms with Gasteiger partial charge in [-0.1, -0.05) is 23.2 Å². The van der Waals surface area contributed by atoms with Crippen molar-refractivity contribution in [2.24, 2.45) is 0 Å². The number of H-pyrrole nitrogens is 1. The van der Waals surface area contributed by atoms with Gasteiger partial charge in [-0.25, -0.2) is 9.78 Å². The van der Waals surface area contributed by atoms with E-state index in [-0.39, 0.29) is 34.4 Å². The second-order valence-electron chi connectivity index (χ2n) is 6.61. The summed E-state index contributed by atoms with van der Waals surface area (Å²) in [6.07, 6.45) is 2.72. The number of ether oxygens (including phenoxy) is 1. The Morgan fingerprint density at radius 1 is 1.34 bits per heavy atom. The zero-order chi connectivity index (χ0) is 21.1. The molecule has 0 atom stereocenters. The summed E-state index contributed by atoms with van der Waals surface area (Å²) in [7, 11) is 0. The predicted molar refractivity (Wildman–Crippen MR) is 108 cm³/mol. The first-order valence-corrected chi connectivity index (χ1v) is 9.89. The van der Waals surface area contributed by atoms with Crippen molar-refractivity contribution in [2.45, 2.75) is 32.7 Å². The first-order chi connectivity index (χ1) is 13.8. The lowest BCUT2D eigenvalue weighted by atomic mass is 10.0. The molecule has 1 saturated heterocycles. The molecule has 9 nitrogen and oxygen atoms in total. The number of nitrogens with one attached hydrogen (secondary N) is 2. The van der Waals surface area contributed by atoms with Crippen molar-refractivity contribution in [3.05, 3.63) is 33.3 Å². The highest BCUT2D eigenvalue weighted by Crippen LogP contribution is 2.29. The molecule has 156 valence electrons. The molecule has 11 heteroatoms. The average molecular weight is 442 g/mol. The van der Waals surface area contributed by atoms with Crippen LogP contribution in [0.5, 0.6) is 6.01 Å². The number of aromatic carboxylic acids is 1. The third-order valence-corrected chi connectivity index (χ3v) is 5.62. The number of rotatable bonds is 6. The van der Waals surface area contributed by atoms with Crippen molar-refractivity contribution >= 4 is 40.8 Å². The molecule has 0 radical (unpaired) electrons. The van der Waals surface area contributed by atoms with Gasteiger partial charge in [-0.2, -0.15) is 4.98 Å². The van der Waals surface area contributed by atoms with Crippen molar-refractivity contribution in [3.63, 3.8) is 0 Å². The van der Waals surface area contributed by atoms with E-state index in [2.05, 4.69) is 20.3 Å². The fraction of sp³-hybridized carbons (Fsp3) is 0.444. The van der Waals surface area contributed by atoms with E-state index in [1.165, 1.54) is 6.20 Å². The topological polar surface area (TPSA) is 120 Å². The monoisotopic (exact) mass is 441 g/mol. The fourth-order valence-electron chi connectivity index (χ4n) is 3.20. The minimum atomic E-state index is -1.15. The van der Waals surface area contributed by atoms with Crippen LogP contribution in [0.1, 0.15) is 46.4 Å². The van der Waals surface area contributed by atoms with Gasteiger partial charge in [0, 0.05) is 24.8 Å². The summed E-state index contributed by atoms with van der Waals surface area (Å²) in [5, 5.41) is 13.0. The normalized spacial score (nSPS) is 14.7. The first-order valence-electron chi connectivity index (χ1n) is 9.14. The van der Waals surface area contributed by atoms with Gasteiger partial charge in [-0.3, -0.25) is 4.79 Å². The molecule has 3 N–H and O–H groups in total. The smallest absolute Gasteiger partial charge is 0.356 e. The van der Waals surface area contributed by atoms with Gasteiger partial charge in [0.15, 0.2) is 5.69 Å². The number of aromatic amines is 1. The zero-order valence-corrected chi connectivity index (χ0v) is 17.5. The third-order valence-electron chi connectivity index (χ3n) is 4.68. The summed E-state index contributed by atoms with van der Waals surface area (Å²) in [4.78, 5) is 36.9. The standard InChI is InChI=1S/C18H21Cl2N5O4/c1-3-29-18-21-8-11(14(24-18)17(27)28)25-6-4-10(5-7-25)23-16(26)15-13(20)12(19)9(2)22-15/h8,10,22H,3-7H2,1-2H3,(H,23,26)(H,27,28). The molecule has 2 aromatic heterocycles. The molecular weight excluding hydrogens is 421 g/mol. The molecule has 1 aliphatic rings. The second-order valence-corrected chi connectivity index (χ2v) is 7.37. The van der Waals surface area contributed by atoms with E-state index in [1.54, 1.807) is 13.8 Å². The molecule has 0 aromatic carbocycles. The molecule has 1 aliphatic heterocycles. The van der Waals surface area contributed by atoms with E-state index in [4.69, 9.17) is 27.9 Å². The number of carboxylic acid groups (broad SMARTS) is 1. The van der Waals surface area contributed by atoms with Gasteiger partial charge < -0.3 is 25.0 Å². The highest BCUT2D eigenvalue weighted by atomic mass is 35.5. The zero-order valence-electron chi connectivity index (χ0n) is 16.0. The summed E-state index contributed by atoms with van der Waals surface area (Å²) in [5.41, 5.74) is 1.20. The van der Waals surface area contributed by atoms with Gasteiger partial charge in [0.05, 0.1) is 28.5 Å². The molecule has 0 bridgehead atoms. The van der Waals surface area contributed by atoms with E-state index < -0.39 is 5.97 Å². The fourth-order valence-corrected chi connectivity index (χ4v) is 3.61. The number of halogens is 2. The lowest BCUT2D eigenvalue weighted by Crippen LogP contribution is -2.45. The molecule has 29 heavy (non-hydrogen) atoms. The molecule has 0 saturated carbocycles. The summed E-state index contributed by atoms with van der Waals surface area (Å²) in [6, 6.07) is -0.0401. The molecular formula is C18H21Cl2N5O4. The van der Waals surface area contributed by atoms with Crippen LogP contribution in [0.4, 0.5) is 5.69 Å². The van der Waals surface area contributed by atoms with Gasteiger partial charge in [-0.15, -0.1) is 0 Å². The third kappa shape index (κ3) is 4.56. The van der Waals surface area contributed by atoms with Crippen LogP contribution in [0.15, 0.2) is 6.20 Å². The van der Waals surface area contributed by atoms with Gasteiger partial charge in [0.1, 0.15) is 5.69 Å². The Bertz CT molecular complexity index is 925. The highest BCUT2D eigenvalue weighted by molar-refractivity contribution is 6.44. The van der Waals surface area contributed by atoms with Crippen LogP contribution in [0, 0.1) is 6.92 Å². The van der Waals surface area contributed by atoms with Gasteiger partial charge in [0.2, 0.25) is 0 Å². The molecule has 1 amide bonds. The van der Waals surface area contributed by atoms with Crippen LogP contribution in [0.25, 0.3) is 0 Å². The number of hydrogen-bond acceptors (Lipinski definition) is 6. The van der Waals surface area contributed by atoms with Crippen molar-refractivity contribution < 1.29 is 19.4 Å². The first kappa shape index (κ1) is 21.2. The van der Waals surface area contributed by atoms with E-state index in [0.29, 0.717) is 48.9 Å². The van der Waals surface area contributed by atoms with Crippen LogP contribution < -0.4 is 15.0 Å². The number of aryl methyl sites for hydroxylation is 1. The Morgan fingerprint density at radius 2 is 2.03 bits per heavy atom. The maximum atomic E-state index is 12.5. The summed E-state index contributed by atoms with van der Waals surface area (Å²) >= 11 is 12.1. The number of carbonyl (C=O) groups excluding carboxylic acids is 1. The van der Waals surface area contributed by atoms with E-state index in [1.807, 2.05) is 4.90 Å². The van der Waals surface area contributed by atoms with Crippen LogP contribution in [-0.4, -0.2) is 57.7 Å². The summed E-state index contributed by atoms with van der Waals surface area (Å²) in [6.45, 7) is 4.94. The van der Waals surface area contributed by atoms with Crippen molar-refractivity contribution in [3.8, 4) is 6.01 Å². The van der Waals surface area contributed by atoms with Crippen molar-refractivity contribution in [1.29, 1.82) is 0 Å². The largest absolute Gasteiger partial charge is 0.476 e. The van der Waals surface area contributed by atoms with E-state index >= 15 is 0 Å². The Labute approximate surface area is 177 Å². The number of amides is 1. The van der Waals surface area contributed by atoms with Gasteiger partial charge in [-0.05, 0) is 26.7 Å². The highest BCUT2D eigenvalue weighted by Gasteiger charge is 2.27. The minimum Gasteiger partial charge on any atom is -0.476 e. The molecule has 0 spiro atoms. The second kappa shape index (κ2) is 8.87. The molecule has 0 aliphatic carbocycles. The lowest BCUT2D eigenvalue weighted by Gasteiger charge is -2.34. The van der Waals surface area contributed by atoms with Gasteiger partial charge in [0.25, 0.3) is 5.91 Å². The Balaban J connectivity index is 1.65. The van der Waals surface area contributed by atoms with Crippen molar-refractivity contribution in [2.75, 3.05) is 24.6 Å². The molecule has 3 heterocycles. The van der Waals surface area contributed by atoms with Crippen LogP contribution in [0.3, 0.4) is 0 Å². The average Bonchev–Trinajstić information content (AvgIpc) is 2.96. The Kier molecular flexibility index (Phi) is 6.49. The van der Waals surface area contributed by atoms with Crippen molar-refractivity contribution in [1.82, 2.24) is 20.3 Å². The number of carbonyl (C=O) groups is 2. The maximum absolute atomic E-state index is 12.5. The quantitative estimate of drug-likeness (QED) is 0.629. The number of piperidine rings is 1.